The smallest absolute Gasteiger partial charge is 0.257 e. The van der Waals surface area contributed by atoms with Crippen LogP contribution in [0.1, 0.15) is 36.0 Å². The number of amides is 1. The third-order valence-electron chi connectivity index (χ3n) is 3.41. The van der Waals surface area contributed by atoms with Gasteiger partial charge in [-0.05, 0) is 25.0 Å². The van der Waals surface area contributed by atoms with Gasteiger partial charge in [0.1, 0.15) is 10.3 Å². The summed E-state index contributed by atoms with van der Waals surface area (Å²) in [6, 6.07) is 3.32. The van der Waals surface area contributed by atoms with E-state index >= 15 is 0 Å². The van der Waals surface area contributed by atoms with Crippen molar-refractivity contribution in [2.75, 3.05) is 13.2 Å². The highest BCUT2D eigenvalue weighted by Gasteiger charge is 2.28. The largest absolute Gasteiger partial charge is 0.395 e. The van der Waals surface area contributed by atoms with E-state index in [4.69, 9.17) is 28.3 Å². The zero-order valence-corrected chi connectivity index (χ0v) is 12.0. The molecule has 104 valence electrons. The molecule has 19 heavy (non-hydrogen) atoms. The van der Waals surface area contributed by atoms with E-state index in [1.165, 1.54) is 0 Å². The predicted octanol–water partition coefficient (Wildman–Crippen LogP) is 2.77. The molecule has 0 aliphatic heterocycles. The van der Waals surface area contributed by atoms with Crippen molar-refractivity contribution in [3.8, 4) is 0 Å². The molecule has 4 nitrogen and oxygen atoms in total. The van der Waals surface area contributed by atoms with Gasteiger partial charge in [-0.1, -0.05) is 36.0 Å². The third-order valence-corrected chi connectivity index (χ3v) is 3.91. The molecule has 1 heterocycles. The van der Waals surface area contributed by atoms with Gasteiger partial charge in [-0.2, -0.15) is 0 Å². The Bertz CT molecular complexity index is 462. The molecule has 1 aromatic heterocycles. The Kier molecular flexibility index (Phi) is 5.02. The van der Waals surface area contributed by atoms with E-state index in [0.717, 1.165) is 25.7 Å². The van der Waals surface area contributed by atoms with Crippen molar-refractivity contribution in [2.45, 2.75) is 31.7 Å². The normalized spacial score (nSPS) is 15.7. The number of aromatic nitrogens is 1. The van der Waals surface area contributed by atoms with Crippen LogP contribution >= 0.6 is 23.2 Å². The monoisotopic (exact) mass is 302 g/mol. The molecule has 0 aromatic carbocycles. The number of aliphatic hydroxyl groups is 1. The molecule has 0 saturated heterocycles. The maximum Gasteiger partial charge on any atom is 0.257 e. The summed E-state index contributed by atoms with van der Waals surface area (Å²) in [6.45, 7) is 0.267. The number of hydrogen-bond donors (Lipinski definition) is 1. The number of pyridine rings is 1. The van der Waals surface area contributed by atoms with Gasteiger partial charge in [-0.3, -0.25) is 4.79 Å². The fourth-order valence-corrected chi connectivity index (χ4v) is 2.93. The Hall–Kier alpha value is -0.840. The Balaban J connectivity index is 2.22. The molecule has 6 heteroatoms. The molecule has 2 rings (SSSR count). The van der Waals surface area contributed by atoms with Crippen LogP contribution in [-0.4, -0.2) is 40.1 Å². The molecule has 0 unspecified atom stereocenters. The first kappa shape index (κ1) is 14.6. The highest BCUT2D eigenvalue weighted by molar-refractivity contribution is 6.34. The molecular weight excluding hydrogens is 287 g/mol. The molecule has 0 radical (unpaired) electrons. The lowest BCUT2D eigenvalue weighted by Crippen LogP contribution is -2.40. The van der Waals surface area contributed by atoms with Gasteiger partial charge >= 0.3 is 0 Å². The van der Waals surface area contributed by atoms with Crippen LogP contribution in [0.25, 0.3) is 0 Å². The molecule has 1 aliphatic rings. The second-order valence-electron chi connectivity index (χ2n) is 4.63. The Labute approximate surface area is 122 Å². The molecule has 0 bridgehead atoms. The minimum absolute atomic E-state index is 0.0547. The third kappa shape index (κ3) is 3.38. The maximum absolute atomic E-state index is 12.5. The summed E-state index contributed by atoms with van der Waals surface area (Å²) in [5, 5.41) is 9.51. The van der Waals surface area contributed by atoms with Crippen LogP contribution < -0.4 is 0 Å². The number of carbonyl (C=O) groups is 1. The van der Waals surface area contributed by atoms with Crippen LogP contribution in [0, 0.1) is 0 Å². The standard InChI is InChI=1S/C13H16Cl2N2O2/c14-11-6-5-10(12(15)16-11)13(19)17(7-8-18)9-3-1-2-4-9/h5-6,9,18H,1-4,7-8H2. The van der Waals surface area contributed by atoms with Crippen LogP contribution in [0.5, 0.6) is 0 Å². The summed E-state index contributed by atoms with van der Waals surface area (Å²) in [6.07, 6.45) is 4.19. The topological polar surface area (TPSA) is 53.4 Å². The number of nitrogens with zero attached hydrogens (tertiary/aromatic N) is 2. The number of aliphatic hydroxyl groups excluding tert-OH is 1. The van der Waals surface area contributed by atoms with Crippen LogP contribution in [-0.2, 0) is 0 Å². The summed E-state index contributed by atoms with van der Waals surface area (Å²) in [5.74, 6) is -0.185. The number of halogens is 2. The van der Waals surface area contributed by atoms with Crippen molar-refractivity contribution in [3.05, 3.63) is 28.0 Å². The molecule has 1 amide bonds. The minimum Gasteiger partial charge on any atom is -0.395 e. The van der Waals surface area contributed by atoms with Gasteiger partial charge < -0.3 is 10.0 Å². The molecule has 1 aliphatic carbocycles. The Morgan fingerprint density at radius 1 is 1.37 bits per heavy atom. The van der Waals surface area contributed by atoms with Gasteiger partial charge in [-0.15, -0.1) is 0 Å². The fourth-order valence-electron chi connectivity index (χ4n) is 2.50. The average Bonchev–Trinajstić information content (AvgIpc) is 2.89. The summed E-state index contributed by atoms with van der Waals surface area (Å²) in [4.78, 5) is 18.1. The quantitative estimate of drug-likeness (QED) is 0.870. The number of hydrogen-bond acceptors (Lipinski definition) is 3. The second-order valence-corrected chi connectivity index (χ2v) is 5.38. The molecule has 0 atom stereocenters. The van der Waals surface area contributed by atoms with Gasteiger partial charge in [0.2, 0.25) is 0 Å². The van der Waals surface area contributed by atoms with Crippen LogP contribution in [0.15, 0.2) is 12.1 Å². The zero-order valence-electron chi connectivity index (χ0n) is 10.5. The van der Waals surface area contributed by atoms with E-state index in [0.29, 0.717) is 12.1 Å². The molecule has 1 N–H and O–H groups in total. The SMILES string of the molecule is O=C(c1ccc(Cl)nc1Cl)N(CCO)C1CCCC1. The van der Waals surface area contributed by atoms with Gasteiger partial charge in [0, 0.05) is 12.6 Å². The van der Waals surface area contributed by atoms with Crippen LogP contribution in [0.2, 0.25) is 10.3 Å². The van der Waals surface area contributed by atoms with E-state index < -0.39 is 0 Å². The molecule has 1 fully saturated rings. The van der Waals surface area contributed by atoms with Crippen molar-refractivity contribution in [3.63, 3.8) is 0 Å². The highest BCUT2D eigenvalue weighted by Crippen LogP contribution is 2.26. The summed E-state index contributed by atoms with van der Waals surface area (Å²) in [7, 11) is 0. The van der Waals surface area contributed by atoms with E-state index in [1.54, 1.807) is 17.0 Å². The summed E-state index contributed by atoms with van der Waals surface area (Å²) in [5.41, 5.74) is 0.339. The molecular formula is C13H16Cl2N2O2. The van der Waals surface area contributed by atoms with Gasteiger partial charge in [-0.25, -0.2) is 4.98 Å². The van der Waals surface area contributed by atoms with Gasteiger partial charge in [0.15, 0.2) is 0 Å². The Morgan fingerprint density at radius 2 is 2.05 bits per heavy atom. The fraction of sp³-hybridized carbons (Fsp3) is 0.538. The second kappa shape index (κ2) is 6.55. The van der Waals surface area contributed by atoms with Crippen LogP contribution in [0.3, 0.4) is 0 Å². The first-order valence-electron chi connectivity index (χ1n) is 6.37. The summed E-state index contributed by atoms with van der Waals surface area (Å²) >= 11 is 11.7. The van der Waals surface area contributed by atoms with Crippen molar-refractivity contribution in [1.29, 1.82) is 0 Å². The average molecular weight is 303 g/mol. The van der Waals surface area contributed by atoms with Crippen LogP contribution in [0.4, 0.5) is 0 Å². The van der Waals surface area contributed by atoms with E-state index in [1.807, 2.05) is 0 Å². The molecule has 0 spiro atoms. The van der Waals surface area contributed by atoms with Gasteiger partial charge in [0.05, 0.1) is 12.2 Å². The van der Waals surface area contributed by atoms with Gasteiger partial charge in [0.25, 0.3) is 5.91 Å². The van der Waals surface area contributed by atoms with Crippen molar-refractivity contribution in [1.82, 2.24) is 9.88 Å². The maximum atomic E-state index is 12.5. The first-order valence-corrected chi connectivity index (χ1v) is 7.13. The minimum atomic E-state index is -0.185. The lowest BCUT2D eigenvalue weighted by molar-refractivity contribution is 0.0638. The predicted molar refractivity (Wildman–Crippen MR) is 74.6 cm³/mol. The lowest BCUT2D eigenvalue weighted by atomic mass is 10.1. The van der Waals surface area contributed by atoms with E-state index in [-0.39, 0.29) is 28.9 Å². The Morgan fingerprint density at radius 3 is 2.63 bits per heavy atom. The molecule has 1 aromatic rings. The zero-order chi connectivity index (χ0) is 13.8. The van der Waals surface area contributed by atoms with Crippen molar-refractivity contribution < 1.29 is 9.90 Å². The van der Waals surface area contributed by atoms with Crippen molar-refractivity contribution in [2.24, 2.45) is 0 Å². The lowest BCUT2D eigenvalue weighted by Gasteiger charge is -2.28. The van der Waals surface area contributed by atoms with E-state index in [9.17, 15) is 4.79 Å². The summed E-state index contributed by atoms with van der Waals surface area (Å²) < 4.78 is 0. The highest BCUT2D eigenvalue weighted by atomic mass is 35.5. The van der Waals surface area contributed by atoms with E-state index in [2.05, 4.69) is 4.98 Å². The molecule has 1 saturated carbocycles. The number of carbonyl (C=O) groups excluding carboxylic acids is 1. The number of rotatable bonds is 4. The van der Waals surface area contributed by atoms with Crippen molar-refractivity contribution >= 4 is 29.1 Å². The first-order chi connectivity index (χ1) is 9.13.